The minimum absolute atomic E-state index is 0.149. The smallest absolute Gasteiger partial charge is 0.257 e. The molecule has 1 heterocycles. The number of carbonyl (C=O) groups is 1. The number of aromatic amines is 1. The molecule has 1 aromatic carbocycles. The van der Waals surface area contributed by atoms with Crippen molar-refractivity contribution >= 4 is 11.7 Å². The normalized spacial score (nSPS) is 10.5. The van der Waals surface area contributed by atoms with Crippen molar-refractivity contribution < 1.29 is 4.79 Å². The Hall–Kier alpha value is -2.14. The summed E-state index contributed by atoms with van der Waals surface area (Å²) in [6.45, 7) is 2.62. The summed E-state index contributed by atoms with van der Waals surface area (Å²) in [5.74, 6) is 0.407. The van der Waals surface area contributed by atoms with Gasteiger partial charge in [0.25, 0.3) is 5.91 Å². The molecule has 1 amide bonds. The SMILES string of the molecule is CCCc1cc(NC(=O)c2ccccc2CCN)n[nH]1. The second-order valence-electron chi connectivity index (χ2n) is 4.68. The Labute approximate surface area is 118 Å². The molecule has 0 radical (unpaired) electrons. The van der Waals surface area contributed by atoms with E-state index in [0.717, 1.165) is 24.1 Å². The fourth-order valence-electron chi connectivity index (χ4n) is 2.12. The average Bonchev–Trinajstić information content (AvgIpc) is 2.87. The van der Waals surface area contributed by atoms with Crippen LogP contribution in [0.3, 0.4) is 0 Å². The van der Waals surface area contributed by atoms with Gasteiger partial charge >= 0.3 is 0 Å². The van der Waals surface area contributed by atoms with Crippen LogP contribution < -0.4 is 11.1 Å². The summed E-state index contributed by atoms with van der Waals surface area (Å²) >= 11 is 0. The van der Waals surface area contributed by atoms with Crippen LogP contribution in [0.2, 0.25) is 0 Å². The molecule has 0 atom stereocenters. The topological polar surface area (TPSA) is 83.8 Å². The first-order valence-corrected chi connectivity index (χ1v) is 6.88. The Morgan fingerprint density at radius 2 is 2.15 bits per heavy atom. The maximum atomic E-state index is 12.3. The highest BCUT2D eigenvalue weighted by atomic mass is 16.1. The van der Waals surface area contributed by atoms with Crippen LogP contribution in [0, 0.1) is 0 Å². The lowest BCUT2D eigenvalue weighted by molar-refractivity contribution is 0.102. The molecule has 4 N–H and O–H groups in total. The third kappa shape index (κ3) is 3.45. The number of aryl methyl sites for hydroxylation is 1. The van der Waals surface area contributed by atoms with E-state index in [9.17, 15) is 4.79 Å². The van der Waals surface area contributed by atoms with Gasteiger partial charge in [0.2, 0.25) is 0 Å². The van der Waals surface area contributed by atoms with Crippen molar-refractivity contribution in [3.05, 3.63) is 47.2 Å². The predicted molar refractivity (Wildman–Crippen MR) is 79.7 cm³/mol. The lowest BCUT2D eigenvalue weighted by Gasteiger charge is -2.07. The van der Waals surface area contributed by atoms with Gasteiger partial charge in [-0.1, -0.05) is 31.5 Å². The van der Waals surface area contributed by atoms with Gasteiger partial charge < -0.3 is 11.1 Å². The molecule has 0 spiro atoms. The van der Waals surface area contributed by atoms with E-state index in [2.05, 4.69) is 22.4 Å². The number of hydrogen-bond donors (Lipinski definition) is 3. The highest BCUT2D eigenvalue weighted by Gasteiger charge is 2.12. The van der Waals surface area contributed by atoms with Crippen molar-refractivity contribution in [1.82, 2.24) is 10.2 Å². The van der Waals surface area contributed by atoms with Crippen LogP contribution in [0.4, 0.5) is 5.82 Å². The maximum absolute atomic E-state index is 12.3. The first-order chi connectivity index (χ1) is 9.74. The number of anilines is 1. The molecular formula is C15H20N4O. The molecule has 0 aliphatic heterocycles. The predicted octanol–water partition coefficient (Wildman–Crippen LogP) is 2.12. The molecule has 20 heavy (non-hydrogen) atoms. The number of benzene rings is 1. The van der Waals surface area contributed by atoms with Crippen LogP contribution >= 0.6 is 0 Å². The number of H-pyrrole nitrogens is 1. The third-order valence-electron chi connectivity index (χ3n) is 3.07. The van der Waals surface area contributed by atoms with E-state index in [1.165, 1.54) is 0 Å². The average molecular weight is 272 g/mol. The van der Waals surface area contributed by atoms with Gasteiger partial charge in [-0.2, -0.15) is 5.10 Å². The maximum Gasteiger partial charge on any atom is 0.257 e. The Morgan fingerprint density at radius 1 is 1.35 bits per heavy atom. The van der Waals surface area contributed by atoms with Crippen LogP contribution in [0.5, 0.6) is 0 Å². The van der Waals surface area contributed by atoms with Crippen molar-refractivity contribution in [2.24, 2.45) is 5.73 Å². The van der Waals surface area contributed by atoms with Gasteiger partial charge in [-0.15, -0.1) is 0 Å². The standard InChI is InChI=1S/C15H20N4O/c1-2-5-12-10-14(19-18-12)17-15(20)13-7-4-3-6-11(13)8-9-16/h3-4,6-7,10H,2,5,8-9,16H2,1H3,(H2,17,18,19,20). The van der Waals surface area contributed by atoms with Crippen LogP contribution in [0.1, 0.15) is 35.0 Å². The molecule has 5 nitrogen and oxygen atoms in total. The number of rotatable bonds is 6. The van der Waals surface area contributed by atoms with Gasteiger partial charge in [-0.25, -0.2) is 0 Å². The highest BCUT2D eigenvalue weighted by molar-refractivity contribution is 6.04. The summed E-state index contributed by atoms with van der Waals surface area (Å²) in [4.78, 5) is 12.3. The summed E-state index contributed by atoms with van der Waals surface area (Å²) in [5, 5.41) is 9.83. The fourth-order valence-corrected chi connectivity index (χ4v) is 2.12. The molecule has 106 valence electrons. The lowest BCUT2D eigenvalue weighted by Crippen LogP contribution is -2.16. The number of carbonyl (C=O) groups excluding carboxylic acids is 1. The van der Waals surface area contributed by atoms with E-state index in [1.807, 2.05) is 24.3 Å². The molecule has 2 aromatic rings. The number of aromatic nitrogens is 2. The zero-order valence-electron chi connectivity index (χ0n) is 11.6. The second kappa shape index (κ2) is 6.86. The molecule has 2 rings (SSSR count). The van der Waals surface area contributed by atoms with Gasteiger partial charge in [0.15, 0.2) is 5.82 Å². The molecule has 0 saturated heterocycles. The van der Waals surface area contributed by atoms with Gasteiger partial charge in [0, 0.05) is 17.3 Å². The number of nitrogens with one attached hydrogen (secondary N) is 2. The van der Waals surface area contributed by atoms with E-state index >= 15 is 0 Å². The third-order valence-corrected chi connectivity index (χ3v) is 3.07. The fraction of sp³-hybridized carbons (Fsp3) is 0.333. The van der Waals surface area contributed by atoms with Gasteiger partial charge in [0.05, 0.1) is 0 Å². The first kappa shape index (κ1) is 14.3. The van der Waals surface area contributed by atoms with Gasteiger partial charge in [0.1, 0.15) is 0 Å². The molecule has 1 aromatic heterocycles. The number of hydrogen-bond acceptors (Lipinski definition) is 3. The van der Waals surface area contributed by atoms with Crippen LogP contribution in [-0.4, -0.2) is 22.6 Å². The summed E-state index contributed by atoms with van der Waals surface area (Å²) in [6, 6.07) is 9.36. The second-order valence-corrected chi connectivity index (χ2v) is 4.68. The quantitative estimate of drug-likeness (QED) is 0.753. The minimum Gasteiger partial charge on any atom is -0.330 e. The zero-order chi connectivity index (χ0) is 14.4. The summed E-state index contributed by atoms with van der Waals surface area (Å²) in [7, 11) is 0. The largest absolute Gasteiger partial charge is 0.330 e. The lowest BCUT2D eigenvalue weighted by atomic mass is 10.0. The summed E-state index contributed by atoms with van der Waals surface area (Å²) < 4.78 is 0. The molecule has 0 saturated carbocycles. The molecule has 0 aliphatic carbocycles. The van der Waals surface area contributed by atoms with Crippen molar-refractivity contribution in [3.63, 3.8) is 0 Å². The first-order valence-electron chi connectivity index (χ1n) is 6.88. The van der Waals surface area contributed by atoms with Gasteiger partial charge in [-0.3, -0.25) is 9.89 Å². The minimum atomic E-state index is -0.149. The Balaban J connectivity index is 2.11. The molecular weight excluding hydrogens is 252 g/mol. The summed E-state index contributed by atoms with van der Waals surface area (Å²) in [6.07, 6.45) is 2.65. The van der Waals surface area contributed by atoms with Crippen molar-refractivity contribution in [2.45, 2.75) is 26.2 Å². The highest BCUT2D eigenvalue weighted by Crippen LogP contribution is 2.13. The van der Waals surface area contributed by atoms with E-state index in [0.29, 0.717) is 24.3 Å². The Kier molecular flexibility index (Phi) is 4.90. The summed E-state index contributed by atoms with van der Waals surface area (Å²) in [5.41, 5.74) is 8.20. The molecule has 5 heteroatoms. The van der Waals surface area contributed by atoms with Crippen LogP contribution in [0.15, 0.2) is 30.3 Å². The van der Waals surface area contributed by atoms with Crippen molar-refractivity contribution in [2.75, 3.05) is 11.9 Å². The van der Waals surface area contributed by atoms with E-state index in [4.69, 9.17) is 5.73 Å². The van der Waals surface area contributed by atoms with E-state index in [1.54, 1.807) is 6.07 Å². The van der Waals surface area contributed by atoms with Crippen LogP contribution in [-0.2, 0) is 12.8 Å². The molecule has 0 fully saturated rings. The van der Waals surface area contributed by atoms with E-state index < -0.39 is 0 Å². The van der Waals surface area contributed by atoms with Gasteiger partial charge in [-0.05, 0) is 31.0 Å². The Morgan fingerprint density at radius 3 is 2.90 bits per heavy atom. The molecule has 0 bridgehead atoms. The monoisotopic (exact) mass is 272 g/mol. The number of amides is 1. The van der Waals surface area contributed by atoms with Crippen LogP contribution in [0.25, 0.3) is 0 Å². The van der Waals surface area contributed by atoms with Crippen molar-refractivity contribution in [3.8, 4) is 0 Å². The Bertz CT molecular complexity index is 577. The molecule has 0 unspecified atom stereocenters. The zero-order valence-corrected chi connectivity index (χ0v) is 11.6. The number of nitrogens with two attached hydrogens (primary N) is 1. The van der Waals surface area contributed by atoms with Crippen molar-refractivity contribution in [1.29, 1.82) is 0 Å². The number of nitrogens with zero attached hydrogens (tertiary/aromatic N) is 1. The molecule has 0 aliphatic rings. The van der Waals surface area contributed by atoms with E-state index in [-0.39, 0.29) is 5.91 Å².